The Labute approximate surface area is 104 Å². The third-order valence-electron chi connectivity index (χ3n) is 3.13. The molecule has 0 radical (unpaired) electrons. The number of likely N-dealkylation sites (tertiary alicyclic amines) is 1. The summed E-state index contributed by atoms with van der Waals surface area (Å²) >= 11 is 0. The highest BCUT2D eigenvalue weighted by atomic mass is 16.2. The van der Waals surface area contributed by atoms with Crippen molar-refractivity contribution in [2.24, 2.45) is 0 Å². The minimum Gasteiger partial charge on any atom is -0.359 e. The maximum atomic E-state index is 11.7. The second-order valence-corrected chi connectivity index (χ2v) is 4.33. The molecule has 1 fully saturated rings. The molecule has 0 spiro atoms. The van der Waals surface area contributed by atoms with Crippen LogP contribution in [0.4, 0.5) is 0 Å². The van der Waals surface area contributed by atoms with Crippen LogP contribution in [0, 0.1) is 0 Å². The van der Waals surface area contributed by atoms with Crippen molar-refractivity contribution in [3.63, 3.8) is 0 Å². The fraction of sp³-hybridized carbons (Fsp3) is 0.833. The van der Waals surface area contributed by atoms with Crippen molar-refractivity contribution < 1.29 is 11.0 Å². The Morgan fingerprint density at radius 3 is 3.00 bits per heavy atom. The van der Waals surface area contributed by atoms with Crippen molar-refractivity contribution in [3.8, 4) is 0 Å². The second-order valence-electron chi connectivity index (χ2n) is 4.33. The molecule has 5 nitrogen and oxygen atoms in total. The van der Waals surface area contributed by atoms with E-state index in [0.717, 1.165) is 25.8 Å². The molecule has 1 heterocycles. The summed E-state index contributed by atoms with van der Waals surface area (Å²) < 4.78 is 7.25. The number of nitrogens with one attached hydrogen (secondary N) is 2. The second kappa shape index (κ2) is 7.27. The van der Waals surface area contributed by atoms with E-state index in [9.17, 15) is 9.59 Å². The Hall–Kier alpha value is -1.10. The molecule has 1 atom stereocenters. The maximum Gasteiger partial charge on any atom is 0.234 e. The number of carbonyl (C=O) groups is 2. The van der Waals surface area contributed by atoms with Crippen molar-refractivity contribution in [2.75, 3.05) is 26.7 Å². The molecule has 0 saturated carbocycles. The van der Waals surface area contributed by atoms with E-state index in [-0.39, 0.29) is 11.8 Å². The molecule has 0 aromatic carbocycles. The fourth-order valence-electron chi connectivity index (χ4n) is 2.11. The molecule has 0 aromatic rings. The zero-order valence-electron chi connectivity index (χ0n) is 11.5. The molecule has 1 rings (SSSR count). The lowest BCUT2D eigenvalue weighted by molar-refractivity contribution is -0.123. The number of rotatable bonds is 6. The van der Waals surface area contributed by atoms with Crippen LogP contribution in [-0.4, -0.2) is 49.4 Å². The molecule has 0 aliphatic carbocycles. The van der Waals surface area contributed by atoms with Crippen LogP contribution < -0.4 is 10.6 Å². The van der Waals surface area contributed by atoms with E-state index in [2.05, 4.69) is 15.5 Å². The molecule has 0 bridgehead atoms. The summed E-state index contributed by atoms with van der Waals surface area (Å²) in [4.78, 5) is 24.8. The summed E-state index contributed by atoms with van der Waals surface area (Å²) in [6.07, 6.45) is 3.35. The van der Waals surface area contributed by atoms with Gasteiger partial charge < -0.3 is 10.6 Å². The summed E-state index contributed by atoms with van der Waals surface area (Å²) in [7, 11) is 1.58. The molecule has 1 aliphatic rings. The minimum atomic E-state index is -0.0662. The third-order valence-corrected chi connectivity index (χ3v) is 3.13. The first-order valence-electron chi connectivity index (χ1n) is 6.88. The Morgan fingerprint density at radius 1 is 1.47 bits per heavy atom. The van der Waals surface area contributed by atoms with Gasteiger partial charge in [0.2, 0.25) is 11.8 Å². The Bertz CT molecular complexity index is 286. The fourth-order valence-corrected chi connectivity index (χ4v) is 2.11. The van der Waals surface area contributed by atoms with Crippen molar-refractivity contribution in [1.29, 1.82) is 0 Å². The average molecular weight is 248 g/mol. The van der Waals surface area contributed by atoms with Gasteiger partial charge in [-0.05, 0) is 25.8 Å². The van der Waals surface area contributed by atoms with E-state index >= 15 is 0 Å². The summed E-state index contributed by atoms with van der Waals surface area (Å²) in [5.41, 5.74) is 0. The van der Waals surface area contributed by atoms with Crippen LogP contribution in [0.3, 0.4) is 0 Å². The van der Waals surface area contributed by atoms with Crippen LogP contribution in [0.1, 0.15) is 34.0 Å². The van der Waals surface area contributed by atoms with Gasteiger partial charge in [-0.2, -0.15) is 0 Å². The van der Waals surface area contributed by atoms with Gasteiger partial charge in [-0.3, -0.25) is 14.5 Å². The summed E-state index contributed by atoms with van der Waals surface area (Å²) in [5, 5.41) is 5.26. The molecule has 98 valence electrons. The number of hydrogen-bond donors (Lipinski definition) is 2. The van der Waals surface area contributed by atoms with Gasteiger partial charge >= 0.3 is 0 Å². The van der Waals surface area contributed by atoms with Gasteiger partial charge in [-0.1, -0.05) is 6.90 Å². The molecule has 5 heteroatoms. The predicted octanol–water partition coefficient (Wildman–Crippen LogP) is 0.113. The topological polar surface area (TPSA) is 61.4 Å². The van der Waals surface area contributed by atoms with Crippen molar-refractivity contribution in [2.45, 2.75) is 38.6 Å². The van der Waals surface area contributed by atoms with E-state index in [1.807, 2.05) is 0 Å². The van der Waals surface area contributed by atoms with E-state index in [1.54, 1.807) is 7.05 Å². The molecule has 1 aliphatic heterocycles. The first-order chi connectivity index (χ1) is 8.67. The summed E-state index contributed by atoms with van der Waals surface area (Å²) in [5.74, 6) is -0.0978. The monoisotopic (exact) mass is 248 g/mol. The van der Waals surface area contributed by atoms with Crippen LogP contribution >= 0.6 is 0 Å². The van der Waals surface area contributed by atoms with E-state index < -0.39 is 0 Å². The zero-order valence-corrected chi connectivity index (χ0v) is 10.5. The van der Waals surface area contributed by atoms with Crippen molar-refractivity contribution >= 4 is 11.8 Å². The third kappa shape index (κ3) is 4.73. The van der Waals surface area contributed by atoms with Gasteiger partial charge in [0.1, 0.15) is 0 Å². The number of amides is 2. The van der Waals surface area contributed by atoms with Gasteiger partial charge in [0.15, 0.2) is 0 Å². The molecular formula is C12H23N3O2. The Kier molecular flexibility index (Phi) is 5.29. The number of carbonyl (C=O) groups excluding carboxylic acids is 2. The van der Waals surface area contributed by atoms with Gasteiger partial charge in [-0.25, -0.2) is 0 Å². The molecule has 2 amide bonds. The number of hydrogen-bond acceptors (Lipinski definition) is 3. The Balaban J connectivity index is 2.20. The maximum absolute atomic E-state index is 11.7. The van der Waals surface area contributed by atoms with Gasteiger partial charge in [0.25, 0.3) is 0 Å². The average Bonchev–Trinajstić information content (AvgIpc) is 2.77. The summed E-state index contributed by atoms with van der Waals surface area (Å²) in [6.45, 7) is 2.13. The highest BCUT2D eigenvalue weighted by molar-refractivity contribution is 5.80. The first kappa shape index (κ1) is 12.4. The van der Waals surface area contributed by atoms with Crippen LogP contribution in [-0.2, 0) is 9.59 Å². The Morgan fingerprint density at radius 2 is 2.29 bits per heavy atom. The highest BCUT2D eigenvalue weighted by Gasteiger charge is 2.24. The first-order valence-corrected chi connectivity index (χ1v) is 6.18. The van der Waals surface area contributed by atoms with Gasteiger partial charge in [-0.15, -0.1) is 0 Å². The van der Waals surface area contributed by atoms with Crippen molar-refractivity contribution in [3.05, 3.63) is 0 Å². The smallest absolute Gasteiger partial charge is 0.234 e. The standard InChI is InChI=1S/C12H23N3O2/c1-3-10-5-4-8-15(10)9-12(17)14-7-6-11(16)13-2/h10H,3-9H2,1-2H3,(H,13,16)(H,14,17)/i1+1D,2+1,9+1,12+1,13+1,15+1. The molecule has 1 saturated heterocycles. The van der Waals surface area contributed by atoms with Crippen LogP contribution in [0.2, 0.25) is 0 Å². The SMILES string of the molecule is [2H][13CH2]CC1CCC[15N]1[13CH2][13C](=O)NCCC(=O)[15NH][13CH3]. The molecule has 2 N–H and O–H groups in total. The van der Waals surface area contributed by atoms with Crippen LogP contribution in [0.15, 0.2) is 0 Å². The summed E-state index contributed by atoms with van der Waals surface area (Å²) in [6, 6.07) is 0.382. The van der Waals surface area contributed by atoms with Gasteiger partial charge in [0.05, 0.1) is 6.54 Å². The van der Waals surface area contributed by atoms with E-state index in [0.29, 0.717) is 32.5 Å². The minimum absolute atomic E-state index is 0.0317. The predicted molar refractivity (Wildman–Crippen MR) is 66.6 cm³/mol. The molecular weight excluding hydrogens is 224 g/mol. The lowest BCUT2D eigenvalue weighted by atomic mass is 10.2. The van der Waals surface area contributed by atoms with Crippen LogP contribution in [0.5, 0.6) is 0 Å². The lowest BCUT2D eigenvalue weighted by Crippen LogP contribution is -2.40. The molecule has 17 heavy (non-hydrogen) atoms. The van der Waals surface area contributed by atoms with E-state index in [4.69, 9.17) is 1.37 Å². The van der Waals surface area contributed by atoms with E-state index in [1.165, 1.54) is 0 Å². The quantitative estimate of drug-likeness (QED) is 0.518. The lowest BCUT2D eigenvalue weighted by Gasteiger charge is -2.22. The largest absolute Gasteiger partial charge is 0.359 e. The zero-order chi connectivity index (χ0) is 13.4. The molecule has 1 unspecified atom stereocenters. The van der Waals surface area contributed by atoms with Crippen molar-refractivity contribution in [1.82, 2.24) is 15.5 Å². The highest BCUT2D eigenvalue weighted by Crippen LogP contribution is 2.18. The number of nitrogens with zero attached hydrogens (tertiary/aromatic N) is 1. The van der Waals surface area contributed by atoms with Crippen LogP contribution in [0.25, 0.3) is 0 Å². The van der Waals surface area contributed by atoms with Gasteiger partial charge in [0, 0.05) is 27.4 Å². The normalized spacial score (nSPS) is 21.0. The molecule has 0 aromatic heterocycles.